The van der Waals surface area contributed by atoms with Gasteiger partial charge in [-0.05, 0) is 30.5 Å². The highest BCUT2D eigenvalue weighted by atomic mass is 19.4. The molecule has 0 spiro atoms. The second-order valence-electron chi connectivity index (χ2n) is 5.92. The highest BCUT2D eigenvalue weighted by Gasteiger charge is 2.32. The minimum absolute atomic E-state index is 0.130. The molecule has 1 aliphatic heterocycles. The first-order valence-electron chi connectivity index (χ1n) is 8.13. The Kier molecular flexibility index (Phi) is 6.42. The highest BCUT2D eigenvalue weighted by molar-refractivity contribution is 5.74. The van der Waals surface area contributed by atoms with Crippen molar-refractivity contribution in [2.45, 2.75) is 32.0 Å². The van der Waals surface area contributed by atoms with Gasteiger partial charge in [-0.3, -0.25) is 9.88 Å². The summed E-state index contributed by atoms with van der Waals surface area (Å²) in [6.45, 7) is 2.40. The minimum atomic E-state index is -4.20. The third-order valence-electron chi connectivity index (χ3n) is 4.09. The molecule has 0 unspecified atom stereocenters. The number of nitrogens with one attached hydrogen (secondary N) is 1. The normalized spacial score (nSPS) is 18.1. The van der Waals surface area contributed by atoms with Gasteiger partial charge in [-0.25, -0.2) is 4.79 Å². The first-order chi connectivity index (χ1) is 11.4. The van der Waals surface area contributed by atoms with Crippen LogP contribution in [-0.2, 0) is 0 Å². The van der Waals surface area contributed by atoms with Gasteiger partial charge >= 0.3 is 12.2 Å². The van der Waals surface area contributed by atoms with Crippen molar-refractivity contribution in [3.63, 3.8) is 0 Å². The molecule has 8 heteroatoms. The van der Waals surface area contributed by atoms with E-state index >= 15 is 0 Å². The molecule has 0 radical (unpaired) electrons. The summed E-state index contributed by atoms with van der Waals surface area (Å²) >= 11 is 0. The Bertz CT molecular complexity index is 524. The van der Waals surface area contributed by atoms with Crippen LogP contribution in [-0.4, -0.2) is 59.7 Å². The van der Waals surface area contributed by atoms with E-state index in [1.165, 1.54) is 4.90 Å². The third kappa shape index (κ3) is 5.67. The summed E-state index contributed by atoms with van der Waals surface area (Å²) in [4.78, 5) is 19.4. The van der Waals surface area contributed by atoms with Gasteiger partial charge in [0.1, 0.15) is 0 Å². The van der Waals surface area contributed by atoms with Crippen molar-refractivity contribution in [2.24, 2.45) is 0 Å². The van der Waals surface area contributed by atoms with E-state index in [2.05, 4.69) is 10.3 Å². The number of nitrogens with zero attached hydrogens (tertiary/aromatic N) is 3. The first-order valence-corrected chi connectivity index (χ1v) is 8.13. The maximum absolute atomic E-state index is 12.5. The Balaban J connectivity index is 1.90. The predicted octanol–water partition coefficient (Wildman–Crippen LogP) is 2.81. The Morgan fingerprint density at radius 1 is 1.25 bits per heavy atom. The van der Waals surface area contributed by atoms with Crippen LogP contribution in [0, 0.1) is 0 Å². The van der Waals surface area contributed by atoms with Crippen LogP contribution in [0.3, 0.4) is 0 Å². The van der Waals surface area contributed by atoms with Crippen LogP contribution in [0.4, 0.5) is 18.0 Å². The van der Waals surface area contributed by atoms with Crippen LogP contribution in [0.1, 0.15) is 31.4 Å². The van der Waals surface area contributed by atoms with Crippen LogP contribution >= 0.6 is 0 Å². The zero-order valence-electron chi connectivity index (χ0n) is 13.7. The summed E-state index contributed by atoms with van der Waals surface area (Å²) < 4.78 is 37.5. The Morgan fingerprint density at radius 3 is 2.58 bits per heavy atom. The smallest absolute Gasteiger partial charge is 0.331 e. The van der Waals surface area contributed by atoms with Gasteiger partial charge < -0.3 is 10.2 Å². The van der Waals surface area contributed by atoms with Crippen molar-refractivity contribution in [1.82, 2.24) is 20.1 Å². The Morgan fingerprint density at radius 2 is 1.96 bits per heavy atom. The van der Waals surface area contributed by atoms with Gasteiger partial charge in [0.25, 0.3) is 0 Å². The molecule has 134 valence electrons. The van der Waals surface area contributed by atoms with Crippen LogP contribution in [0.15, 0.2) is 24.5 Å². The number of hydrogen-bond acceptors (Lipinski definition) is 3. The van der Waals surface area contributed by atoms with Gasteiger partial charge in [0.15, 0.2) is 0 Å². The van der Waals surface area contributed by atoms with Crippen LogP contribution in [0.2, 0.25) is 0 Å². The molecule has 1 N–H and O–H groups in total. The van der Waals surface area contributed by atoms with E-state index < -0.39 is 12.7 Å². The summed E-state index contributed by atoms with van der Waals surface area (Å²) in [5, 5.41) is 2.96. The number of pyridine rings is 1. The zero-order valence-corrected chi connectivity index (χ0v) is 13.7. The van der Waals surface area contributed by atoms with Crippen molar-refractivity contribution in [1.29, 1.82) is 0 Å². The number of halogens is 3. The molecular formula is C16H23F3N4O. The molecule has 2 heterocycles. The molecule has 0 aromatic carbocycles. The van der Waals surface area contributed by atoms with Crippen molar-refractivity contribution < 1.29 is 18.0 Å². The number of amides is 2. The standard InChI is InChI=1S/C16H23F3N4O/c1-2-14(13-4-6-20-7-5-13)21-15(24)23-9-3-8-22(10-11-23)12-16(17,18)19/h4-7,14H,2-3,8-12H2,1H3,(H,21,24)/t14-/m1/s1. The Hall–Kier alpha value is -1.83. The quantitative estimate of drug-likeness (QED) is 0.914. The lowest BCUT2D eigenvalue weighted by molar-refractivity contribution is -0.145. The van der Waals surface area contributed by atoms with E-state index in [1.807, 2.05) is 19.1 Å². The fraction of sp³-hybridized carbons (Fsp3) is 0.625. The molecule has 1 aromatic rings. The van der Waals surface area contributed by atoms with Gasteiger partial charge in [0.2, 0.25) is 0 Å². The lowest BCUT2D eigenvalue weighted by Crippen LogP contribution is -2.44. The zero-order chi connectivity index (χ0) is 17.6. The molecule has 2 rings (SSSR count). The number of hydrogen-bond donors (Lipinski definition) is 1. The highest BCUT2D eigenvalue weighted by Crippen LogP contribution is 2.19. The third-order valence-corrected chi connectivity index (χ3v) is 4.09. The van der Waals surface area contributed by atoms with Crippen molar-refractivity contribution >= 4 is 6.03 Å². The lowest BCUT2D eigenvalue weighted by Gasteiger charge is -2.25. The van der Waals surface area contributed by atoms with E-state index in [-0.39, 0.29) is 18.6 Å². The average Bonchev–Trinajstić information content (AvgIpc) is 2.77. The van der Waals surface area contributed by atoms with Gasteiger partial charge in [-0.2, -0.15) is 13.2 Å². The summed E-state index contributed by atoms with van der Waals surface area (Å²) in [6, 6.07) is 3.34. The SMILES string of the molecule is CC[C@@H](NC(=O)N1CCCN(CC(F)(F)F)CC1)c1ccncc1. The topological polar surface area (TPSA) is 48.5 Å². The van der Waals surface area contributed by atoms with Crippen molar-refractivity contribution in [2.75, 3.05) is 32.7 Å². The molecule has 1 aromatic heterocycles. The van der Waals surface area contributed by atoms with E-state index in [0.717, 1.165) is 12.0 Å². The summed E-state index contributed by atoms with van der Waals surface area (Å²) in [7, 11) is 0. The van der Waals surface area contributed by atoms with Crippen molar-refractivity contribution in [3.05, 3.63) is 30.1 Å². The largest absolute Gasteiger partial charge is 0.401 e. The number of alkyl halides is 3. The molecule has 1 fully saturated rings. The lowest BCUT2D eigenvalue weighted by atomic mass is 10.1. The van der Waals surface area contributed by atoms with Crippen LogP contribution in [0.25, 0.3) is 0 Å². The average molecular weight is 344 g/mol. The first kappa shape index (κ1) is 18.5. The molecule has 1 aliphatic rings. The van der Waals surface area contributed by atoms with E-state index in [9.17, 15) is 18.0 Å². The number of rotatable bonds is 4. The molecule has 0 bridgehead atoms. The number of carbonyl (C=O) groups is 1. The second-order valence-corrected chi connectivity index (χ2v) is 5.92. The van der Waals surface area contributed by atoms with E-state index in [4.69, 9.17) is 0 Å². The summed E-state index contributed by atoms with van der Waals surface area (Å²) in [5.74, 6) is 0. The minimum Gasteiger partial charge on any atom is -0.331 e. The summed E-state index contributed by atoms with van der Waals surface area (Å²) in [6.07, 6.45) is 0.404. The van der Waals surface area contributed by atoms with Gasteiger partial charge in [-0.1, -0.05) is 6.92 Å². The van der Waals surface area contributed by atoms with Crippen LogP contribution < -0.4 is 5.32 Å². The van der Waals surface area contributed by atoms with Gasteiger partial charge in [-0.15, -0.1) is 0 Å². The number of carbonyl (C=O) groups excluding carboxylic acids is 1. The molecule has 5 nitrogen and oxygen atoms in total. The molecule has 2 amide bonds. The fourth-order valence-corrected chi connectivity index (χ4v) is 2.84. The fourth-order valence-electron chi connectivity index (χ4n) is 2.84. The number of urea groups is 1. The molecular weight excluding hydrogens is 321 g/mol. The monoisotopic (exact) mass is 344 g/mol. The van der Waals surface area contributed by atoms with E-state index in [1.54, 1.807) is 17.3 Å². The maximum Gasteiger partial charge on any atom is 0.401 e. The molecule has 1 atom stereocenters. The maximum atomic E-state index is 12.5. The molecule has 0 saturated carbocycles. The van der Waals surface area contributed by atoms with E-state index in [0.29, 0.717) is 26.1 Å². The predicted molar refractivity (Wildman–Crippen MR) is 84.5 cm³/mol. The molecule has 24 heavy (non-hydrogen) atoms. The second kappa shape index (κ2) is 8.32. The van der Waals surface area contributed by atoms with Gasteiger partial charge in [0, 0.05) is 38.6 Å². The molecule has 1 saturated heterocycles. The van der Waals surface area contributed by atoms with Crippen molar-refractivity contribution in [3.8, 4) is 0 Å². The summed E-state index contributed by atoms with van der Waals surface area (Å²) in [5.41, 5.74) is 0.967. The Labute approximate surface area is 139 Å². The van der Waals surface area contributed by atoms with Gasteiger partial charge in [0.05, 0.1) is 12.6 Å². The number of aromatic nitrogens is 1. The van der Waals surface area contributed by atoms with Crippen LogP contribution in [0.5, 0.6) is 0 Å². The molecule has 0 aliphatic carbocycles.